The van der Waals surface area contributed by atoms with E-state index < -0.39 is 10.0 Å². The van der Waals surface area contributed by atoms with E-state index in [2.05, 4.69) is 14.5 Å². The molecule has 4 rings (SSSR count). The van der Waals surface area contributed by atoms with Crippen molar-refractivity contribution in [3.05, 3.63) is 0 Å². The van der Waals surface area contributed by atoms with Gasteiger partial charge >= 0.3 is 0 Å². The maximum Gasteiger partial charge on any atom is 0.208 e. The first-order valence-corrected chi connectivity index (χ1v) is 10.3. The zero-order valence-corrected chi connectivity index (χ0v) is 13.9. The number of hydrogen-bond donors (Lipinski definition) is 1. The molecular formula is C15H29N3O2S. The highest BCUT2D eigenvalue weighted by Gasteiger charge is 2.40. The lowest BCUT2D eigenvalue weighted by Gasteiger charge is -2.51. The monoisotopic (exact) mass is 315 g/mol. The van der Waals surface area contributed by atoms with Gasteiger partial charge in [0.1, 0.15) is 0 Å². The second-order valence-electron chi connectivity index (χ2n) is 7.18. The first kappa shape index (κ1) is 15.7. The van der Waals surface area contributed by atoms with Gasteiger partial charge in [-0.3, -0.25) is 4.90 Å². The van der Waals surface area contributed by atoms with Gasteiger partial charge in [-0.1, -0.05) is 6.42 Å². The molecule has 0 aromatic carbocycles. The topological polar surface area (TPSA) is 52.7 Å². The van der Waals surface area contributed by atoms with E-state index >= 15 is 0 Å². The number of piperidine rings is 4. The highest BCUT2D eigenvalue weighted by molar-refractivity contribution is 7.88. The third-order valence-electron chi connectivity index (χ3n) is 5.54. The number of rotatable bonds is 5. The van der Waals surface area contributed by atoms with Crippen molar-refractivity contribution in [3.8, 4) is 0 Å². The lowest BCUT2D eigenvalue weighted by molar-refractivity contribution is -0.0122. The Balaban J connectivity index is 1.51. The summed E-state index contributed by atoms with van der Waals surface area (Å²) in [6, 6.07) is 0.413. The van der Waals surface area contributed by atoms with Crippen LogP contribution in [0.3, 0.4) is 0 Å². The van der Waals surface area contributed by atoms with Gasteiger partial charge in [0.15, 0.2) is 0 Å². The zero-order chi connectivity index (χ0) is 14.9. The third kappa shape index (κ3) is 4.18. The molecule has 4 aliphatic rings. The quantitative estimate of drug-likeness (QED) is 0.813. The molecule has 0 radical (unpaired) electrons. The largest absolute Gasteiger partial charge is 0.303 e. The van der Waals surface area contributed by atoms with Crippen LogP contribution in [-0.4, -0.2) is 69.8 Å². The van der Waals surface area contributed by atoms with Crippen molar-refractivity contribution in [2.75, 3.05) is 45.5 Å². The molecule has 4 heterocycles. The van der Waals surface area contributed by atoms with Crippen LogP contribution < -0.4 is 4.72 Å². The standard InChI is InChI=1S/C15H29N3O2S/c1-21(19,20)16-10-15-9-13-5-8-18(15)12-14(13)11-17-6-3-2-4-7-17/h13-16H,2-12H2,1H3/t13-,14-,15+/m0/s1. The average molecular weight is 315 g/mol. The zero-order valence-electron chi connectivity index (χ0n) is 13.1. The normalized spacial score (nSPS) is 37.8. The summed E-state index contributed by atoms with van der Waals surface area (Å²) in [4.78, 5) is 5.17. The second kappa shape index (κ2) is 6.52. The molecule has 4 atom stereocenters. The minimum absolute atomic E-state index is 0.413. The molecule has 5 nitrogen and oxygen atoms in total. The molecule has 0 saturated carbocycles. The molecule has 0 aromatic heterocycles. The molecular weight excluding hydrogens is 286 g/mol. The van der Waals surface area contributed by atoms with Gasteiger partial charge in [-0.05, 0) is 57.2 Å². The van der Waals surface area contributed by atoms with Crippen LogP contribution in [0.15, 0.2) is 0 Å². The van der Waals surface area contributed by atoms with Crippen molar-refractivity contribution < 1.29 is 8.42 Å². The first-order valence-electron chi connectivity index (χ1n) is 8.42. The van der Waals surface area contributed by atoms with Crippen LogP contribution in [0.1, 0.15) is 32.1 Å². The molecule has 6 heteroatoms. The van der Waals surface area contributed by atoms with Gasteiger partial charge in [-0.15, -0.1) is 0 Å². The first-order chi connectivity index (χ1) is 10.0. The molecule has 4 fully saturated rings. The van der Waals surface area contributed by atoms with Crippen molar-refractivity contribution >= 4 is 10.0 Å². The van der Waals surface area contributed by atoms with E-state index in [0.717, 1.165) is 24.9 Å². The van der Waals surface area contributed by atoms with Crippen LogP contribution >= 0.6 is 0 Å². The van der Waals surface area contributed by atoms with Crippen LogP contribution in [-0.2, 0) is 10.0 Å². The van der Waals surface area contributed by atoms with Crippen LogP contribution in [0.4, 0.5) is 0 Å². The second-order valence-corrected chi connectivity index (χ2v) is 9.01. The SMILES string of the molecule is CS(=O)(=O)NC[C@H]1C[C@@H]2CCN1C[C@@H]2CN1CCCCC1. The van der Waals surface area contributed by atoms with Gasteiger partial charge in [0.25, 0.3) is 0 Å². The highest BCUT2D eigenvalue weighted by Crippen LogP contribution is 2.36. The van der Waals surface area contributed by atoms with Crippen molar-refractivity contribution in [2.24, 2.45) is 11.8 Å². The number of hydrogen-bond acceptors (Lipinski definition) is 4. The molecule has 1 N–H and O–H groups in total. The fourth-order valence-electron chi connectivity index (χ4n) is 4.39. The lowest BCUT2D eigenvalue weighted by atomic mass is 9.75. The van der Waals surface area contributed by atoms with E-state index in [1.54, 1.807) is 0 Å². The summed E-state index contributed by atoms with van der Waals surface area (Å²) in [6.07, 6.45) is 7.84. The van der Waals surface area contributed by atoms with E-state index in [1.165, 1.54) is 58.0 Å². The Morgan fingerprint density at radius 2 is 1.90 bits per heavy atom. The highest BCUT2D eigenvalue weighted by atomic mass is 32.2. The Labute approximate surface area is 129 Å². The number of sulfonamides is 1. The summed E-state index contributed by atoms with van der Waals surface area (Å²) >= 11 is 0. The Hall–Kier alpha value is -0.170. The molecule has 122 valence electrons. The van der Waals surface area contributed by atoms with Gasteiger partial charge in [0.2, 0.25) is 10.0 Å². The van der Waals surface area contributed by atoms with Crippen LogP contribution in [0, 0.1) is 11.8 Å². The summed E-state index contributed by atoms with van der Waals surface area (Å²) in [7, 11) is -3.06. The summed E-state index contributed by atoms with van der Waals surface area (Å²) in [5.74, 6) is 1.59. The molecule has 0 amide bonds. The van der Waals surface area contributed by atoms with Crippen LogP contribution in [0.5, 0.6) is 0 Å². The van der Waals surface area contributed by atoms with Gasteiger partial charge in [-0.2, -0.15) is 0 Å². The minimum Gasteiger partial charge on any atom is -0.303 e. The molecule has 2 bridgehead atoms. The fraction of sp³-hybridized carbons (Fsp3) is 1.00. The van der Waals surface area contributed by atoms with Crippen LogP contribution in [0.25, 0.3) is 0 Å². The Morgan fingerprint density at radius 3 is 2.52 bits per heavy atom. The predicted octanol–water partition coefficient (Wildman–Crippen LogP) is 0.732. The Morgan fingerprint density at radius 1 is 1.14 bits per heavy atom. The van der Waals surface area contributed by atoms with E-state index in [9.17, 15) is 8.42 Å². The molecule has 0 spiro atoms. The smallest absolute Gasteiger partial charge is 0.208 e. The summed E-state index contributed by atoms with van der Waals surface area (Å²) in [6.45, 7) is 6.72. The molecule has 4 saturated heterocycles. The molecule has 0 aromatic rings. The minimum atomic E-state index is -3.06. The fourth-order valence-corrected chi connectivity index (χ4v) is 4.88. The van der Waals surface area contributed by atoms with Crippen molar-refractivity contribution in [3.63, 3.8) is 0 Å². The third-order valence-corrected chi connectivity index (χ3v) is 6.23. The number of likely N-dealkylation sites (tertiary alicyclic amines) is 1. The number of fused-ring (bicyclic) bond motifs is 3. The van der Waals surface area contributed by atoms with Gasteiger partial charge < -0.3 is 4.90 Å². The van der Waals surface area contributed by atoms with E-state index in [4.69, 9.17) is 0 Å². The van der Waals surface area contributed by atoms with E-state index in [0.29, 0.717) is 12.6 Å². The van der Waals surface area contributed by atoms with Crippen molar-refractivity contribution in [1.82, 2.24) is 14.5 Å². The van der Waals surface area contributed by atoms with E-state index in [1.807, 2.05) is 0 Å². The molecule has 1 unspecified atom stereocenters. The summed E-state index contributed by atoms with van der Waals surface area (Å²) in [5, 5.41) is 0. The average Bonchev–Trinajstić information content (AvgIpc) is 2.46. The molecule has 4 aliphatic heterocycles. The predicted molar refractivity (Wildman–Crippen MR) is 84.7 cm³/mol. The maximum absolute atomic E-state index is 11.3. The number of nitrogens with one attached hydrogen (secondary N) is 1. The maximum atomic E-state index is 11.3. The van der Waals surface area contributed by atoms with Crippen LogP contribution in [0.2, 0.25) is 0 Å². The molecule has 21 heavy (non-hydrogen) atoms. The van der Waals surface area contributed by atoms with Gasteiger partial charge in [0.05, 0.1) is 6.26 Å². The van der Waals surface area contributed by atoms with Gasteiger partial charge in [-0.25, -0.2) is 13.1 Å². The Bertz CT molecular complexity index is 448. The van der Waals surface area contributed by atoms with Crippen molar-refractivity contribution in [2.45, 2.75) is 38.1 Å². The lowest BCUT2D eigenvalue weighted by Crippen LogP contribution is -2.58. The molecule has 0 aliphatic carbocycles. The summed E-state index contributed by atoms with van der Waals surface area (Å²) < 4.78 is 25.2. The van der Waals surface area contributed by atoms with E-state index in [-0.39, 0.29) is 0 Å². The van der Waals surface area contributed by atoms with Gasteiger partial charge in [0, 0.05) is 25.7 Å². The number of nitrogens with zero attached hydrogens (tertiary/aromatic N) is 2. The summed E-state index contributed by atoms with van der Waals surface area (Å²) in [5.41, 5.74) is 0. The Kier molecular flexibility index (Phi) is 4.88. The van der Waals surface area contributed by atoms with Crippen molar-refractivity contribution in [1.29, 1.82) is 0 Å².